The van der Waals surface area contributed by atoms with Crippen molar-refractivity contribution < 1.29 is 25.6 Å². The predicted octanol–water partition coefficient (Wildman–Crippen LogP) is 1.83. The number of hydrogen-bond acceptors (Lipinski definition) is 4. The maximum atomic E-state index is 12.3. The van der Waals surface area contributed by atoms with E-state index in [1.165, 1.54) is 0 Å². The van der Waals surface area contributed by atoms with Gasteiger partial charge in [0.1, 0.15) is 0 Å². The number of sulfone groups is 1. The summed E-state index contributed by atoms with van der Waals surface area (Å²) in [6, 6.07) is 4.13. The quantitative estimate of drug-likeness (QED) is 0.869. The molecule has 0 amide bonds. The van der Waals surface area contributed by atoms with Crippen molar-refractivity contribution in [2.24, 2.45) is 0 Å². The Morgan fingerprint density at radius 2 is 1.63 bits per heavy atom. The van der Waals surface area contributed by atoms with Crippen molar-refractivity contribution in [3.05, 3.63) is 24.3 Å². The fourth-order valence-corrected chi connectivity index (χ4v) is 3.17. The summed E-state index contributed by atoms with van der Waals surface area (Å²) in [5, 5.41) is 0. The Hall–Kier alpha value is -1.22. The standard InChI is InChI=1S/C10H13F2NO4S2/c1-2-7-18(14,15)13-8-3-5-9(6-4-8)19(16,17)10(11)12/h3-6,10,13H,2,7H2,1H3. The number of rotatable bonds is 6. The molecule has 0 unspecified atom stereocenters. The Labute approximate surface area is 110 Å². The molecule has 0 spiro atoms. The van der Waals surface area contributed by atoms with E-state index in [4.69, 9.17) is 0 Å². The molecule has 1 aromatic carbocycles. The summed E-state index contributed by atoms with van der Waals surface area (Å²) in [6.07, 6.45) is 0.424. The van der Waals surface area contributed by atoms with Gasteiger partial charge in [0.2, 0.25) is 19.9 Å². The Morgan fingerprint density at radius 3 is 2.05 bits per heavy atom. The lowest BCUT2D eigenvalue weighted by molar-refractivity contribution is 0.234. The molecule has 9 heteroatoms. The molecule has 0 radical (unpaired) electrons. The molecule has 0 atom stereocenters. The van der Waals surface area contributed by atoms with Crippen molar-refractivity contribution in [1.82, 2.24) is 0 Å². The first-order chi connectivity index (χ1) is 8.69. The summed E-state index contributed by atoms with van der Waals surface area (Å²) in [4.78, 5) is -0.555. The topological polar surface area (TPSA) is 80.3 Å². The normalized spacial score (nSPS) is 12.6. The summed E-state index contributed by atoms with van der Waals surface area (Å²) < 4.78 is 71.9. The average molecular weight is 313 g/mol. The molecule has 0 heterocycles. The van der Waals surface area contributed by atoms with Crippen molar-refractivity contribution in [2.75, 3.05) is 10.5 Å². The summed E-state index contributed by atoms with van der Waals surface area (Å²) in [6.45, 7) is 1.69. The SMILES string of the molecule is CCCS(=O)(=O)Nc1ccc(S(=O)(=O)C(F)F)cc1. The fraction of sp³-hybridized carbons (Fsp3) is 0.400. The minimum Gasteiger partial charge on any atom is -0.284 e. The van der Waals surface area contributed by atoms with Crippen molar-refractivity contribution >= 4 is 25.5 Å². The van der Waals surface area contributed by atoms with Crippen LogP contribution in [-0.4, -0.2) is 28.3 Å². The highest BCUT2D eigenvalue weighted by Crippen LogP contribution is 2.20. The molecule has 0 bridgehead atoms. The summed E-state index contributed by atoms with van der Waals surface area (Å²) in [5.41, 5.74) is 0.127. The van der Waals surface area contributed by atoms with Crippen LogP contribution in [0.2, 0.25) is 0 Å². The van der Waals surface area contributed by atoms with Crippen LogP contribution in [0.4, 0.5) is 14.5 Å². The zero-order chi connectivity index (χ0) is 14.7. The maximum absolute atomic E-state index is 12.3. The lowest BCUT2D eigenvalue weighted by Crippen LogP contribution is -2.16. The van der Waals surface area contributed by atoms with Crippen molar-refractivity contribution in [3.8, 4) is 0 Å². The molecule has 0 aliphatic heterocycles. The second-order valence-electron chi connectivity index (χ2n) is 3.75. The molecule has 1 aromatic rings. The third kappa shape index (κ3) is 4.13. The van der Waals surface area contributed by atoms with E-state index in [-0.39, 0.29) is 11.4 Å². The Morgan fingerprint density at radius 1 is 1.11 bits per heavy atom. The highest BCUT2D eigenvalue weighted by Gasteiger charge is 2.26. The fourth-order valence-electron chi connectivity index (χ4n) is 1.31. The van der Waals surface area contributed by atoms with E-state index >= 15 is 0 Å². The number of anilines is 1. The molecular weight excluding hydrogens is 300 g/mol. The van der Waals surface area contributed by atoms with Crippen LogP contribution in [0.25, 0.3) is 0 Å². The van der Waals surface area contributed by atoms with Crippen LogP contribution in [-0.2, 0) is 19.9 Å². The zero-order valence-electron chi connectivity index (χ0n) is 10.0. The number of benzene rings is 1. The molecule has 1 rings (SSSR count). The molecule has 1 N–H and O–H groups in total. The smallest absolute Gasteiger partial charge is 0.284 e. The Balaban J connectivity index is 2.96. The second-order valence-corrected chi connectivity index (χ2v) is 7.51. The van der Waals surface area contributed by atoms with E-state index in [0.717, 1.165) is 24.3 Å². The number of sulfonamides is 1. The van der Waals surface area contributed by atoms with Gasteiger partial charge in [0.25, 0.3) is 0 Å². The molecular formula is C10H13F2NO4S2. The second kappa shape index (κ2) is 5.83. The van der Waals surface area contributed by atoms with E-state index < -0.39 is 30.5 Å². The number of halogens is 2. The number of nitrogens with one attached hydrogen (secondary N) is 1. The van der Waals surface area contributed by atoms with Crippen LogP contribution in [0.1, 0.15) is 13.3 Å². The number of hydrogen-bond donors (Lipinski definition) is 1. The highest BCUT2D eigenvalue weighted by atomic mass is 32.2. The van der Waals surface area contributed by atoms with E-state index in [1.807, 2.05) is 0 Å². The Kier molecular flexibility index (Phi) is 4.86. The molecule has 0 aliphatic carbocycles. The molecule has 108 valence electrons. The van der Waals surface area contributed by atoms with Gasteiger partial charge in [-0.25, -0.2) is 16.8 Å². The first-order valence-electron chi connectivity index (χ1n) is 5.31. The zero-order valence-corrected chi connectivity index (χ0v) is 11.6. The molecule has 0 saturated heterocycles. The first-order valence-corrected chi connectivity index (χ1v) is 8.51. The molecule has 0 aromatic heterocycles. The lowest BCUT2D eigenvalue weighted by Gasteiger charge is -2.08. The first kappa shape index (κ1) is 15.8. The third-order valence-corrected chi connectivity index (χ3v) is 5.05. The van der Waals surface area contributed by atoms with Crippen molar-refractivity contribution in [3.63, 3.8) is 0 Å². The monoisotopic (exact) mass is 313 g/mol. The maximum Gasteiger partial charge on any atom is 0.341 e. The van der Waals surface area contributed by atoms with Gasteiger partial charge in [-0.15, -0.1) is 0 Å². The largest absolute Gasteiger partial charge is 0.341 e. The van der Waals surface area contributed by atoms with Crippen molar-refractivity contribution in [2.45, 2.75) is 24.0 Å². The van der Waals surface area contributed by atoms with E-state index in [1.54, 1.807) is 6.92 Å². The van der Waals surface area contributed by atoms with Gasteiger partial charge in [-0.3, -0.25) is 4.72 Å². The van der Waals surface area contributed by atoms with Crippen LogP contribution in [0, 0.1) is 0 Å². The number of alkyl halides is 2. The minimum atomic E-state index is -4.66. The molecule has 19 heavy (non-hydrogen) atoms. The van der Waals surface area contributed by atoms with Crippen LogP contribution in [0.15, 0.2) is 29.2 Å². The van der Waals surface area contributed by atoms with Crippen LogP contribution >= 0.6 is 0 Å². The lowest BCUT2D eigenvalue weighted by atomic mass is 10.3. The highest BCUT2D eigenvalue weighted by molar-refractivity contribution is 7.92. The Bertz CT molecular complexity index is 624. The summed E-state index contributed by atoms with van der Waals surface area (Å²) in [7, 11) is -8.16. The van der Waals surface area contributed by atoms with Gasteiger partial charge in [-0.2, -0.15) is 8.78 Å². The van der Waals surface area contributed by atoms with Crippen LogP contribution in [0.3, 0.4) is 0 Å². The van der Waals surface area contributed by atoms with Gasteiger partial charge in [0.05, 0.1) is 10.6 Å². The molecule has 5 nitrogen and oxygen atoms in total. The minimum absolute atomic E-state index is 0.0793. The van der Waals surface area contributed by atoms with E-state index in [0.29, 0.717) is 6.42 Å². The van der Waals surface area contributed by atoms with Crippen LogP contribution in [0.5, 0.6) is 0 Å². The molecule has 0 aliphatic rings. The summed E-state index contributed by atoms with van der Waals surface area (Å²) >= 11 is 0. The van der Waals surface area contributed by atoms with E-state index in [9.17, 15) is 25.6 Å². The van der Waals surface area contributed by atoms with Gasteiger partial charge in [0.15, 0.2) is 0 Å². The van der Waals surface area contributed by atoms with Gasteiger partial charge >= 0.3 is 5.76 Å². The van der Waals surface area contributed by atoms with Gasteiger partial charge < -0.3 is 0 Å². The predicted molar refractivity (Wildman–Crippen MR) is 67.3 cm³/mol. The van der Waals surface area contributed by atoms with Gasteiger partial charge in [-0.05, 0) is 30.7 Å². The summed E-state index contributed by atoms with van der Waals surface area (Å²) in [5.74, 6) is -3.58. The third-order valence-electron chi connectivity index (χ3n) is 2.16. The van der Waals surface area contributed by atoms with Gasteiger partial charge in [0, 0.05) is 5.69 Å². The van der Waals surface area contributed by atoms with Gasteiger partial charge in [-0.1, -0.05) is 6.92 Å². The molecule has 0 fully saturated rings. The van der Waals surface area contributed by atoms with Crippen molar-refractivity contribution in [1.29, 1.82) is 0 Å². The molecule has 0 saturated carbocycles. The van der Waals surface area contributed by atoms with E-state index in [2.05, 4.69) is 4.72 Å². The van der Waals surface area contributed by atoms with Crippen LogP contribution < -0.4 is 4.72 Å². The average Bonchev–Trinajstić information content (AvgIpc) is 2.28.